The quantitative estimate of drug-likeness (QED) is 0.883. The van der Waals surface area contributed by atoms with Crippen LogP contribution in [0.15, 0.2) is 24.4 Å². The Morgan fingerprint density at radius 3 is 3.16 bits per heavy atom. The second-order valence-corrected chi connectivity index (χ2v) is 6.12. The SMILES string of the molecule is O=C(NCc1cc2c(s1)CCC2)c1cccnc1Cl. The molecule has 0 saturated heterocycles. The van der Waals surface area contributed by atoms with Crippen LogP contribution in [0, 0.1) is 0 Å². The van der Waals surface area contributed by atoms with Crippen molar-refractivity contribution in [2.24, 2.45) is 0 Å². The summed E-state index contributed by atoms with van der Waals surface area (Å²) in [6.45, 7) is 0.557. The largest absolute Gasteiger partial charge is 0.347 e. The number of halogens is 1. The summed E-state index contributed by atoms with van der Waals surface area (Å²) in [5.74, 6) is -0.174. The second kappa shape index (κ2) is 5.31. The third-order valence-corrected chi connectivity index (χ3v) is 4.76. The fourth-order valence-corrected chi connectivity index (χ4v) is 3.70. The Hall–Kier alpha value is -1.39. The summed E-state index contributed by atoms with van der Waals surface area (Å²) in [6, 6.07) is 5.59. The van der Waals surface area contributed by atoms with Crippen molar-refractivity contribution >= 4 is 28.8 Å². The molecule has 0 spiro atoms. The van der Waals surface area contributed by atoms with Crippen LogP contribution in [0.4, 0.5) is 0 Å². The van der Waals surface area contributed by atoms with Crippen LogP contribution in [-0.2, 0) is 19.4 Å². The number of nitrogens with one attached hydrogen (secondary N) is 1. The van der Waals surface area contributed by atoms with E-state index in [1.807, 2.05) is 0 Å². The number of carbonyl (C=O) groups excluding carboxylic acids is 1. The summed E-state index contributed by atoms with van der Waals surface area (Å²) >= 11 is 7.69. The number of amides is 1. The first-order valence-corrected chi connectivity index (χ1v) is 7.42. The summed E-state index contributed by atoms with van der Waals surface area (Å²) in [7, 11) is 0. The third-order valence-electron chi connectivity index (χ3n) is 3.22. The molecule has 98 valence electrons. The number of hydrogen-bond acceptors (Lipinski definition) is 3. The average molecular weight is 293 g/mol. The first-order valence-electron chi connectivity index (χ1n) is 6.23. The Labute approximate surface area is 120 Å². The van der Waals surface area contributed by atoms with E-state index in [1.165, 1.54) is 34.6 Å². The van der Waals surface area contributed by atoms with Gasteiger partial charge in [-0.25, -0.2) is 4.98 Å². The summed E-state index contributed by atoms with van der Waals surface area (Å²) in [5, 5.41) is 3.14. The molecule has 1 N–H and O–H groups in total. The van der Waals surface area contributed by atoms with Gasteiger partial charge in [0, 0.05) is 16.0 Å². The van der Waals surface area contributed by atoms with Gasteiger partial charge in [0.25, 0.3) is 5.91 Å². The molecule has 0 saturated carbocycles. The minimum atomic E-state index is -0.174. The third kappa shape index (κ3) is 2.65. The maximum Gasteiger partial charge on any atom is 0.254 e. The van der Waals surface area contributed by atoms with E-state index in [-0.39, 0.29) is 11.1 Å². The van der Waals surface area contributed by atoms with Crippen molar-refractivity contribution in [3.05, 3.63) is 50.4 Å². The predicted molar refractivity (Wildman–Crippen MR) is 76.8 cm³/mol. The molecule has 2 aromatic heterocycles. The van der Waals surface area contributed by atoms with Gasteiger partial charge in [0.15, 0.2) is 0 Å². The number of carbonyl (C=O) groups is 1. The Bertz CT molecular complexity index is 602. The Balaban J connectivity index is 1.66. The lowest BCUT2D eigenvalue weighted by molar-refractivity contribution is 0.0951. The van der Waals surface area contributed by atoms with Gasteiger partial charge in [-0.3, -0.25) is 4.79 Å². The lowest BCUT2D eigenvalue weighted by Crippen LogP contribution is -2.22. The van der Waals surface area contributed by atoms with E-state index in [0.29, 0.717) is 12.1 Å². The van der Waals surface area contributed by atoms with Gasteiger partial charge in [-0.15, -0.1) is 11.3 Å². The van der Waals surface area contributed by atoms with Crippen LogP contribution in [0.1, 0.15) is 32.1 Å². The lowest BCUT2D eigenvalue weighted by Gasteiger charge is -2.04. The van der Waals surface area contributed by atoms with Crippen LogP contribution in [-0.4, -0.2) is 10.9 Å². The summed E-state index contributed by atoms with van der Waals surface area (Å²) < 4.78 is 0. The Morgan fingerprint density at radius 1 is 1.47 bits per heavy atom. The highest BCUT2D eigenvalue weighted by molar-refractivity contribution is 7.12. The summed E-state index contributed by atoms with van der Waals surface area (Å²) in [5.41, 5.74) is 1.88. The van der Waals surface area contributed by atoms with Crippen molar-refractivity contribution < 1.29 is 4.79 Å². The molecule has 3 nitrogen and oxygen atoms in total. The fourth-order valence-electron chi connectivity index (χ4n) is 2.30. The van der Waals surface area contributed by atoms with Crippen LogP contribution < -0.4 is 5.32 Å². The molecule has 1 aliphatic rings. The highest BCUT2D eigenvalue weighted by atomic mass is 35.5. The zero-order chi connectivity index (χ0) is 13.2. The molecule has 0 fully saturated rings. The highest BCUT2D eigenvalue weighted by Crippen LogP contribution is 2.30. The number of nitrogens with zero attached hydrogens (tertiary/aromatic N) is 1. The van der Waals surface area contributed by atoms with Gasteiger partial charge in [0.1, 0.15) is 5.15 Å². The van der Waals surface area contributed by atoms with Crippen LogP contribution in [0.2, 0.25) is 5.15 Å². The second-order valence-electron chi connectivity index (χ2n) is 4.54. The van der Waals surface area contributed by atoms with Crippen molar-refractivity contribution in [1.29, 1.82) is 0 Å². The number of aromatic nitrogens is 1. The van der Waals surface area contributed by atoms with Gasteiger partial charge >= 0.3 is 0 Å². The molecule has 1 aliphatic carbocycles. The average Bonchev–Trinajstić information content (AvgIpc) is 2.97. The predicted octanol–water partition coefficient (Wildman–Crippen LogP) is 3.22. The normalized spacial score (nSPS) is 13.3. The van der Waals surface area contributed by atoms with Crippen molar-refractivity contribution in [2.75, 3.05) is 0 Å². The van der Waals surface area contributed by atoms with Crippen LogP contribution in [0.25, 0.3) is 0 Å². The number of fused-ring (bicyclic) bond motifs is 1. The van der Waals surface area contributed by atoms with Gasteiger partial charge in [0.2, 0.25) is 0 Å². The maximum absolute atomic E-state index is 12.0. The number of thiophene rings is 1. The van der Waals surface area contributed by atoms with E-state index >= 15 is 0 Å². The molecule has 2 heterocycles. The minimum absolute atomic E-state index is 0.174. The zero-order valence-corrected chi connectivity index (χ0v) is 11.9. The molecule has 2 aromatic rings. The van der Waals surface area contributed by atoms with Crippen LogP contribution >= 0.6 is 22.9 Å². The van der Waals surface area contributed by atoms with Crippen LogP contribution in [0.5, 0.6) is 0 Å². The smallest absolute Gasteiger partial charge is 0.254 e. The van der Waals surface area contributed by atoms with Crippen molar-refractivity contribution in [3.8, 4) is 0 Å². The molecule has 0 atom stereocenters. The molecular weight excluding hydrogens is 280 g/mol. The standard InChI is InChI=1S/C14H13ClN2OS/c15-13-11(4-2-6-16-13)14(18)17-8-10-7-9-3-1-5-12(9)19-10/h2,4,6-7H,1,3,5,8H2,(H,17,18). The first kappa shape index (κ1) is 12.6. The topological polar surface area (TPSA) is 42.0 Å². The summed E-state index contributed by atoms with van der Waals surface area (Å²) in [6.07, 6.45) is 5.19. The Kier molecular flexibility index (Phi) is 3.53. The van der Waals surface area contributed by atoms with E-state index < -0.39 is 0 Å². The first-order chi connectivity index (χ1) is 9.24. The molecule has 3 rings (SSSR count). The number of hydrogen-bond donors (Lipinski definition) is 1. The number of pyridine rings is 1. The molecule has 1 amide bonds. The van der Waals surface area contributed by atoms with Crippen LogP contribution in [0.3, 0.4) is 0 Å². The monoisotopic (exact) mass is 292 g/mol. The van der Waals surface area contributed by atoms with E-state index in [4.69, 9.17) is 11.6 Å². The Morgan fingerprint density at radius 2 is 2.37 bits per heavy atom. The van der Waals surface area contributed by atoms with Crippen molar-refractivity contribution in [3.63, 3.8) is 0 Å². The highest BCUT2D eigenvalue weighted by Gasteiger charge is 2.16. The molecule has 0 unspecified atom stereocenters. The van der Waals surface area contributed by atoms with Gasteiger partial charge in [-0.2, -0.15) is 0 Å². The van der Waals surface area contributed by atoms with Gasteiger partial charge < -0.3 is 5.32 Å². The molecule has 0 aromatic carbocycles. The fraction of sp³-hybridized carbons (Fsp3) is 0.286. The lowest BCUT2D eigenvalue weighted by atomic mass is 10.2. The molecule has 0 bridgehead atoms. The number of rotatable bonds is 3. The number of aryl methyl sites for hydroxylation is 2. The summed E-state index contributed by atoms with van der Waals surface area (Å²) in [4.78, 5) is 18.6. The van der Waals surface area contributed by atoms with Crippen molar-refractivity contribution in [2.45, 2.75) is 25.8 Å². The van der Waals surface area contributed by atoms with Gasteiger partial charge in [-0.1, -0.05) is 11.6 Å². The molecular formula is C14H13ClN2OS. The minimum Gasteiger partial charge on any atom is -0.347 e. The van der Waals surface area contributed by atoms with E-state index in [9.17, 15) is 4.79 Å². The van der Waals surface area contributed by atoms with E-state index in [0.717, 1.165) is 0 Å². The van der Waals surface area contributed by atoms with Gasteiger partial charge in [0.05, 0.1) is 12.1 Å². The van der Waals surface area contributed by atoms with E-state index in [2.05, 4.69) is 16.4 Å². The molecule has 19 heavy (non-hydrogen) atoms. The molecule has 5 heteroatoms. The van der Waals surface area contributed by atoms with Crippen molar-refractivity contribution in [1.82, 2.24) is 10.3 Å². The maximum atomic E-state index is 12.0. The zero-order valence-electron chi connectivity index (χ0n) is 10.3. The van der Waals surface area contributed by atoms with Gasteiger partial charge in [-0.05, 0) is 43.0 Å². The molecule has 0 radical (unpaired) electrons. The molecule has 0 aliphatic heterocycles. The van der Waals surface area contributed by atoms with E-state index in [1.54, 1.807) is 29.7 Å².